The van der Waals surface area contributed by atoms with Gasteiger partial charge in [-0.2, -0.15) is 0 Å². The molecule has 1 aliphatic rings. The fourth-order valence-corrected chi connectivity index (χ4v) is 2.83. The van der Waals surface area contributed by atoms with Crippen molar-refractivity contribution in [2.45, 2.75) is 37.1 Å². The summed E-state index contributed by atoms with van der Waals surface area (Å²) < 4.78 is 10.5. The van der Waals surface area contributed by atoms with E-state index in [0.717, 1.165) is 16.5 Å². The topological polar surface area (TPSA) is 155 Å². The number of aromatic nitrogens is 1. The van der Waals surface area contributed by atoms with Gasteiger partial charge in [-0.25, -0.2) is 0 Å². The molecule has 136 valence electrons. The molecule has 0 radical (unpaired) electrons. The summed E-state index contributed by atoms with van der Waals surface area (Å²) in [5.41, 5.74) is 1.67. The van der Waals surface area contributed by atoms with E-state index in [1.165, 1.54) is 0 Å². The van der Waals surface area contributed by atoms with Crippen LogP contribution in [0.5, 0.6) is 5.75 Å². The van der Waals surface area contributed by atoms with Crippen LogP contribution in [0.3, 0.4) is 0 Å². The molecule has 0 spiro atoms. The third-order valence-electron chi connectivity index (χ3n) is 4.17. The molecule has 1 aromatic heterocycles. The maximum Gasteiger partial charge on any atom is 1.00 e. The first-order valence-electron chi connectivity index (χ1n) is 7.70. The molecule has 26 heavy (non-hydrogen) atoms. The van der Waals surface area contributed by atoms with Gasteiger partial charge in [0.2, 0.25) is 6.29 Å². The summed E-state index contributed by atoms with van der Waals surface area (Å²) in [6.45, 7) is -0.0279. The van der Waals surface area contributed by atoms with Crippen LogP contribution in [0.25, 0.3) is 10.9 Å². The summed E-state index contributed by atoms with van der Waals surface area (Å²) in [7, 11) is 0. The number of H-pyrrole nitrogens is 1. The normalized spacial score (nSPS) is 28.5. The van der Waals surface area contributed by atoms with Crippen LogP contribution < -0.4 is 39.4 Å². The largest absolute Gasteiger partial charge is 1.00 e. The average Bonchev–Trinajstić information content (AvgIpc) is 2.98. The number of carboxylic acids is 1. The van der Waals surface area contributed by atoms with Gasteiger partial charge in [0.15, 0.2) is 0 Å². The minimum absolute atomic E-state index is 0. The van der Waals surface area contributed by atoms with Gasteiger partial charge in [0, 0.05) is 23.7 Å². The van der Waals surface area contributed by atoms with E-state index < -0.39 is 36.7 Å². The number of benzene rings is 1. The number of rotatable bonds is 5. The fourth-order valence-electron chi connectivity index (χ4n) is 2.83. The second-order valence-electron chi connectivity index (χ2n) is 5.83. The minimum atomic E-state index is -1.83. The molecule has 9 nitrogen and oxygen atoms in total. The summed E-state index contributed by atoms with van der Waals surface area (Å²) in [5.74, 6) is -1.46. The van der Waals surface area contributed by atoms with Crippen LogP contribution in [0.2, 0.25) is 0 Å². The van der Waals surface area contributed by atoms with Crippen molar-refractivity contribution in [3.05, 3.63) is 30.0 Å². The van der Waals surface area contributed by atoms with Gasteiger partial charge in [-0.1, -0.05) is 0 Å². The Bertz CT molecular complexity index is 766. The molecular formula is C16H18NNaO8. The van der Waals surface area contributed by atoms with Gasteiger partial charge in [-0.05, 0) is 30.2 Å². The number of hydrogen-bond donors (Lipinski definition) is 5. The molecule has 5 N–H and O–H groups in total. The number of ether oxygens (including phenoxy) is 2. The first-order chi connectivity index (χ1) is 11.9. The van der Waals surface area contributed by atoms with E-state index in [9.17, 15) is 25.2 Å². The standard InChI is InChI=1S/C16H19NO8.Na/c18-4-3-7-6-17-10-2-1-8(5-9(7)10)24-16-13(21)11(19)12(20)14(25-16)15(22)23;/h1-2,5-6,11-14,16-21H,3-4H2,(H,22,23);/q;+1/p-1/t11?,12-,13?,14?,16-;/m1./s1. The molecule has 0 amide bonds. The van der Waals surface area contributed by atoms with Crippen molar-refractivity contribution in [1.82, 2.24) is 4.98 Å². The quantitative estimate of drug-likeness (QED) is 0.325. The first kappa shape index (κ1) is 21.1. The molecule has 3 rings (SSSR count). The van der Waals surface area contributed by atoms with Crippen LogP contribution in [-0.2, 0) is 16.0 Å². The van der Waals surface area contributed by atoms with Gasteiger partial charge in [0.25, 0.3) is 0 Å². The van der Waals surface area contributed by atoms with Crippen LogP contribution in [0.4, 0.5) is 0 Å². The van der Waals surface area contributed by atoms with Gasteiger partial charge < -0.3 is 44.8 Å². The van der Waals surface area contributed by atoms with Gasteiger partial charge in [0.1, 0.15) is 30.2 Å². The van der Waals surface area contributed by atoms with Crippen molar-refractivity contribution < 1.29 is 69.4 Å². The molecule has 3 unspecified atom stereocenters. The summed E-state index contributed by atoms with van der Waals surface area (Å²) in [6, 6.07) is 4.92. The zero-order valence-corrected chi connectivity index (χ0v) is 16.0. The number of hydrogen-bond acceptors (Lipinski definition) is 8. The number of fused-ring (bicyclic) bond motifs is 1. The minimum Gasteiger partial charge on any atom is -0.547 e. The van der Waals surface area contributed by atoms with E-state index >= 15 is 0 Å². The van der Waals surface area contributed by atoms with Gasteiger partial charge in [0.05, 0.1) is 5.97 Å². The third-order valence-corrected chi connectivity index (χ3v) is 4.17. The number of aromatic amines is 1. The zero-order chi connectivity index (χ0) is 18.1. The first-order valence-corrected chi connectivity index (χ1v) is 7.70. The zero-order valence-electron chi connectivity index (χ0n) is 14.0. The maximum absolute atomic E-state index is 11.0. The number of aliphatic hydroxyl groups is 4. The van der Waals surface area contributed by atoms with Crippen LogP contribution in [0.15, 0.2) is 24.4 Å². The van der Waals surface area contributed by atoms with E-state index in [4.69, 9.17) is 14.6 Å². The summed E-state index contributed by atoms with van der Waals surface area (Å²) in [6.07, 6.45) is -6.38. The van der Waals surface area contributed by atoms with Crippen LogP contribution in [-0.4, -0.2) is 68.7 Å². The molecule has 0 aliphatic carbocycles. The smallest absolute Gasteiger partial charge is 0.547 e. The Balaban J connectivity index is 0.00000243. The molecule has 5 atom stereocenters. The average molecular weight is 375 g/mol. The molecule has 0 saturated carbocycles. The van der Waals surface area contributed by atoms with Crippen molar-refractivity contribution in [1.29, 1.82) is 0 Å². The van der Waals surface area contributed by atoms with Gasteiger partial charge in [-0.15, -0.1) is 0 Å². The Hall–Kier alpha value is -1.17. The van der Waals surface area contributed by atoms with Crippen molar-refractivity contribution >= 4 is 16.9 Å². The predicted molar refractivity (Wildman–Crippen MR) is 81.4 cm³/mol. The SMILES string of the molecule is O=C([O-])C1O[C@@H](Oc2ccc3[nH]cc(CCO)c3c2)C(O)C(O)[C@H]1O.[Na+]. The predicted octanol–water partition coefficient (Wildman–Crippen LogP) is -5.36. The molecule has 1 aromatic carbocycles. The molecule has 2 aromatic rings. The third kappa shape index (κ3) is 4.05. The Morgan fingerprint density at radius 2 is 1.96 bits per heavy atom. The maximum atomic E-state index is 11.0. The van der Waals surface area contributed by atoms with Crippen LogP contribution in [0, 0.1) is 0 Å². The van der Waals surface area contributed by atoms with Gasteiger partial charge >= 0.3 is 29.6 Å². The van der Waals surface area contributed by atoms with Crippen LogP contribution >= 0.6 is 0 Å². The van der Waals surface area contributed by atoms with Gasteiger partial charge in [-0.3, -0.25) is 0 Å². The molecule has 1 saturated heterocycles. The molecule has 1 aliphatic heterocycles. The summed E-state index contributed by atoms with van der Waals surface area (Å²) >= 11 is 0. The van der Waals surface area contributed by atoms with Crippen molar-refractivity contribution in [3.8, 4) is 5.75 Å². The van der Waals surface area contributed by atoms with E-state index in [-0.39, 0.29) is 41.9 Å². The number of nitrogens with one attached hydrogen (secondary N) is 1. The second-order valence-corrected chi connectivity index (χ2v) is 5.83. The van der Waals surface area contributed by atoms with Crippen molar-refractivity contribution in [2.75, 3.05) is 6.61 Å². The Labute approximate surface area is 170 Å². The Morgan fingerprint density at radius 3 is 2.62 bits per heavy atom. The van der Waals surface area contributed by atoms with E-state index in [2.05, 4.69) is 4.98 Å². The van der Waals surface area contributed by atoms with Crippen molar-refractivity contribution in [2.24, 2.45) is 0 Å². The molecule has 1 fully saturated rings. The molecule has 10 heteroatoms. The van der Waals surface area contributed by atoms with E-state index in [0.29, 0.717) is 6.42 Å². The monoisotopic (exact) mass is 375 g/mol. The van der Waals surface area contributed by atoms with E-state index in [1.54, 1.807) is 24.4 Å². The summed E-state index contributed by atoms with van der Waals surface area (Å²) in [4.78, 5) is 14.0. The number of aliphatic hydroxyl groups excluding tert-OH is 4. The second kappa shape index (κ2) is 8.68. The number of carbonyl (C=O) groups is 1. The Morgan fingerprint density at radius 1 is 1.23 bits per heavy atom. The van der Waals surface area contributed by atoms with Crippen molar-refractivity contribution in [3.63, 3.8) is 0 Å². The number of carboxylic acid groups (broad SMARTS) is 1. The van der Waals surface area contributed by atoms with E-state index in [1.807, 2.05) is 0 Å². The molecule has 0 bridgehead atoms. The Kier molecular flexibility index (Phi) is 7.05. The molecular weight excluding hydrogens is 357 g/mol. The number of carbonyl (C=O) groups excluding carboxylic acids is 1. The fraction of sp³-hybridized carbons (Fsp3) is 0.438. The summed E-state index contributed by atoms with van der Waals surface area (Å²) in [5, 5.41) is 50.3. The van der Waals surface area contributed by atoms with Crippen LogP contribution in [0.1, 0.15) is 5.56 Å². The number of aliphatic carboxylic acids is 1. The molecule has 2 heterocycles.